The molecule has 4 radical (unpaired) electrons. The fourth-order valence-corrected chi connectivity index (χ4v) is 0. The van der Waals surface area contributed by atoms with Gasteiger partial charge in [-0.2, -0.15) is 0 Å². The first kappa shape index (κ1) is 22.5. The van der Waals surface area contributed by atoms with Crippen LogP contribution in [-0.2, 0) is 26.3 Å². The van der Waals surface area contributed by atoms with Gasteiger partial charge in [0.05, 0.1) is 0 Å². The average Bonchev–Trinajstić information content (AvgIpc) is 0.722. The van der Waals surface area contributed by atoms with Crippen molar-refractivity contribution >= 4 is 44.0 Å². The molecule has 8 heavy (non-hydrogen) atoms. The molecule has 0 saturated heterocycles. The minimum absolute atomic E-state index is 0. The molecule has 0 saturated carbocycles. The van der Waals surface area contributed by atoms with Crippen molar-refractivity contribution in [1.29, 1.82) is 0 Å². The molecule has 0 amide bonds. The Kier molecular flexibility index (Phi) is 25.2. The summed E-state index contributed by atoms with van der Waals surface area (Å²) < 4.78 is 8.88. The molecule has 0 rings (SSSR count). The van der Waals surface area contributed by atoms with Crippen LogP contribution >= 0.6 is 7.82 Å². The summed E-state index contributed by atoms with van der Waals surface area (Å²) in [6.07, 6.45) is 0. The normalized spacial score (nSPS) is 7.38. The van der Waals surface area contributed by atoms with Crippen molar-refractivity contribution < 1.29 is 41.0 Å². The van der Waals surface area contributed by atoms with E-state index in [4.69, 9.17) is 19.2 Å². The van der Waals surface area contributed by atoms with E-state index in [1.165, 1.54) is 0 Å². The molecule has 0 unspecified atom stereocenters. The van der Waals surface area contributed by atoms with Gasteiger partial charge in [0, 0.05) is 57.9 Å². The molecule has 0 aromatic carbocycles. The first-order valence-corrected chi connectivity index (χ1v) is 2.35. The van der Waals surface area contributed by atoms with Crippen molar-refractivity contribution in [1.82, 2.24) is 0 Å². The summed E-state index contributed by atoms with van der Waals surface area (Å²) in [6.45, 7) is 0. The van der Waals surface area contributed by atoms with Gasteiger partial charge in [0.1, 0.15) is 0 Å². The van der Waals surface area contributed by atoms with Crippen LogP contribution in [0.2, 0.25) is 0 Å². The molecule has 0 aliphatic rings. The van der Waals surface area contributed by atoms with Gasteiger partial charge in [0.15, 0.2) is 0 Å². The Hall–Kier alpha value is 1.95. The Labute approximate surface area is 84.5 Å². The second-order valence-electron chi connectivity index (χ2n) is 0.513. The zero-order valence-corrected chi connectivity index (χ0v) is 7.89. The summed E-state index contributed by atoms with van der Waals surface area (Å²) in [6, 6.07) is 0. The fraction of sp³-hybridized carbons (Fsp3) is 0. The third-order valence-electron chi connectivity index (χ3n) is 0. The van der Waals surface area contributed by atoms with E-state index < -0.39 is 7.82 Å². The third-order valence-corrected chi connectivity index (χ3v) is 0. The Morgan fingerprint density at radius 1 is 1.12 bits per heavy atom. The van der Waals surface area contributed by atoms with E-state index in [9.17, 15) is 0 Å². The first-order chi connectivity index (χ1) is 2.00. The SMILES string of the molecule is O=P(O)(O)O.[Al].[Li].[Ti]. The maximum absolute atomic E-state index is 8.88. The molecule has 0 aromatic rings. The molecule has 4 nitrogen and oxygen atoms in total. The van der Waals surface area contributed by atoms with E-state index in [1.807, 2.05) is 0 Å². The van der Waals surface area contributed by atoms with Gasteiger partial charge in [-0.25, -0.2) is 4.57 Å². The molecule has 0 spiro atoms. The van der Waals surface area contributed by atoms with E-state index >= 15 is 0 Å². The van der Waals surface area contributed by atoms with Gasteiger partial charge in [-0.15, -0.1) is 0 Å². The molecule has 0 aliphatic heterocycles. The smallest absolute Gasteiger partial charge is 0.303 e. The van der Waals surface area contributed by atoms with E-state index in [-0.39, 0.29) is 57.9 Å². The predicted molar refractivity (Wildman–Crippen MR) is 25.8 cm³/mol. The maximum Gasteiger partial charge on any atom is 0.466 e. The van der Waals surface area contributed by atoms with Crippen LogP contribution in [0.15, 0.2) is 0 Å². The first-order valence-electron chi connectivity index (χ1n) is 0.783. The van der Waals surface area contributed by atoms with Crippen molar-refractivity contribution in [2.45, 2.75) is 0 Å². The van der Waals surface area contributed by atoms with Crippen LogP contribution in [0, 0.1) is 0 Å². The molecule has 0 aromatic heterocycles. The second-order valence-corrected chi connectivity index (χ2v) is 1.54. The van der Waals surface area contributed by atoms with Gasteiger partial charge >= 0.3 is 7.82 Å². The molecular weight excluding hydrogens is 177 g/mol. The minimum atomic E-state index is -4.64. The molecule has 3 N–H and O–H groups in total. The Balaban J connectivity index is -0.0000000267. The van der Waals surface area contributed by atoms with E-state index in [0.29, 0.717) is 0 Å². The van der Waals surface area contributed by atoms with Crippen LogP contribution in [0.25, 0.3) is 0 Å². The largest absolute Gasteiger partial charge is 0.466 e. The molecule has 0 fully saturated rings. The number of phosphoric acid groups is 1. The van der Waals surface area contributed by atoms with Crippen molar-refractivity contribution in [2.75, 3.05) is 0 Å². The Morgan fingerprint density at radius 3 is 1.12 bits per heavy atom. The molecule has 0 aliphatic carbocycles. The van der Waals surface area contributed by atoms with Crippen LogP contribution in [0.3, 0.4) is 0 Å². The van der Waals surface area contributed by atoms with Crippen LogP contribution in [-0.4, -0.2) is 50.9 Å². The zero-order valence-electron chi connectivity index (χ0n) is 4.27. The maximum atomic E-state index is 8.88. The molecule has 40 valence electrons. The molecule has 8 heteroatoms. The van der Waals surface area contributed by atoms with Gasteiger partial charge in [-0.3, -0.25) is 0 Å². The summed E-state index contributed by atoms with van der Waals surface area (Å²) in [5, 5.41) is 0. The second kappa shape index (κ2) is 8.95. The molecule has 0 heterocycles. The number of hydrogen-bond acceptors (Lipinski definition) is 1. The number of rotatable bonds is 0. The summed E-state index contributed by atoms with van der Waals surface area (Å²) in [5.74, 6) is 0. The monoisotopic (exact) mass is 180 g/mol. The Morgan fingerprint density at radius 2 is 1.12 bits per heavy atom. The summed E-state index contributed by atoms with van der Waals surface area (Å²) in [4.78, 5) is 21.6. The molecule has 0 atom stereocenters. The summed E-state index contributed by atoms with van der Waals surface area (Å²) >= 11 is 0. The van der Waals surface area contributed by atoms with Crippen molar-refractivity contribution in [3.05, 3.63) is 0 Å². The van der Waals surface area contributed by atoms with Gasteiger partial charge in [-0.05, 0) is 0 Å². The topological polar surface area (TPSA) is 77.8 Å². The predicted octanol–water partition coefficient (Wildman–Crippen LogP) is -1.69. The molecular formula is H3AlLiO4PTi. The molecule has 0 bridgehead atoms. The average molecular weight is 180 g/mol. The quantitative estimate of drug-likeness (QED) is 0.306. The van der Waals surface area contributed by atoms with Gasteiger partial charge in [0.2, 0.25) is 0 Å². The van der Waals surface area contributed by atoms with E-state index in [0.717, 1.165) is 0 Å². The summed E-state index contributed by atoms with van der Waals surface area (Å²) in [7, 11) is -4.64. The van der Waals surface area contributed by atoms with Gasteiger partial charge in [-0.1, -0.05) is 0 Å². The van der Waals surface area contributed by atoms with Crippen LogP contribution in [0.1, 0.15) is 0 Å². The summed E-state index contributed by atoms with van der Waals surface area (Å²) in [5.41, 5.74) is 0. The Bertz CT molecular complexity index is 62.2. The fourth-order valence-electron chi connectivity index (χ4n) is 0. The van der Waals surface area contributed by atoms with Gasteiger partial charge in [0.25, 0.3) is 0 Å². The van der Waals surface area contributed by atoms with E-state index in [2.05, 4.69) is 0 Å². The van der Waals surface area contributed by atoms with Crippen molar-refractivity contribution in [3.63, 3.8) is 0 Å². The van der Waals surface area contributed by atoms with Crippen molar-refractivity contribution in [2.24, 2.45) is 0 Å². The van der Waals surface area contributed by atoms with Crippen molar-refractivity contribution in [3.8, 4) is 0 Å². The standard InChI is InChI=1S/Al.Li.H3O4P.Ti/c;;1-5(2,3)4;/h;;(H3,1,2,3,4);. The van der Waals surface area contributed by atoms with Gasteiger partial charge < -0.3 is 14.7 Å². The van der Waals surface area contributed by atoms with Crippen LogP contribution in [0.4, 0.5) is 0 Å². The third kappa shape index (κ3) is 101. The minimum Gasteiger partial charge on any atom is -0.303 e. The van der Waals surface area contributed by atoms with Crippen LogP contribution < -0.4 is 0 Å². The van der Waals surface area contributed by atoms with Crippen LogP contribution in [0.5, 0.6) is 0 Å². The number of hydrogen-bond donors (Lipinski definition) is 3. The van der Waals surface area contributed by atoms with E-state index in [1.54, 1.807) is 0 Å². The zero-order chi connectivity index (χ0) is 4.50.